The SMILES string of the molecule is Cc1ccc(-c2noc(CCCN3CCN(C(=O)c4cccc(C)c4)CC3)n2)cc1. The average Bonchev–Trinajstić information content (AvgIpc) is 3.23. The number of nitrogens with zero attached hydrogens (tertiary/aromatic N) is 4. The lowest BCUT2D eigenvalue weighted by atomic mass is 10.1. The molecule has 2 heterocycles. The molecule has 30 heavy (non-hydrogen) atoms. The Kier molecular flexibility index (Phi) is 6.23. The van der Waals surface area contributed by atoms with Crippen LogP contribution in [0.25, 0.3) is 11.4 Å². The molecule has 1 aliphatic heterocycles. The summed E-state index contributed by atoms with van der Waals surface area (Å²) >= 11 is 0. The molecule has 3 aromatic rings. The highest BCUT2D eigenvalue weighted by atomic mass is 16.5. The molecular formula is C24H28N4O2. The van der Waals surface area contributed by atoms with Gasteiger partial charge in [0.05, 0.1) is 0 Å². The molecule has 156 valence electrons. The van der Waals surface area contributed by atoms with E-state index in [-0.39, 0.29) is 5.91 Å². The lowest BCUT2D eigenvalue weighted by Crippen LogP contribution is -2.48. The predicted molar refractivity (Wildman–Crippen MR) is 116 cm³/mol. The fourth-order valence-electron chi connectivity index (χ4n) is 3.77. The Morgan fingerprint density at radius 2 is 1.77 bits per heavy atom. The third kappa shape index (κ3) is 4.94. The molecule has 0 atom stereocenters. The first-order chi connectivity index (χ1) is 14.6. The van der Waals surface area contributed by atoms with E-state index in [1.807, 2.05) is 48.2 Å². The fraction of sp³-hybridized carbons (Fsp3) is 0.375. The van der Waals surface area contributed by atoms with Crippen molar-refractivity contribution >= 4 is 5.91 Å². The first-order valence-corrected chi connectivity index (χ1v) is 10.6. The van der Waals surface area contributed by atoms with Crippen LogP contribution >= 0.6 is 0 Å². The maximum atomic E-state index is 12.7. The van der Waals surface area contributed by atoms with Gasteiger partial charge in [0.1, 0.15) is 0 Å². The highest BCUT2D eigenvalue weighted by molar-refractivity contribution is 5.94. The summed E-state index contributed by atoms with van der Waals surface area (Å²) in [5, 5.41) is 4.10. The number of amides is 1. The normalized spacial score (nSPS) is 14.8. The Hall–Kier alpha value is -2.99. The number of piperazine rings is 1. The molecule has 0 bridgehead atoms. The van der Waals surface area contributed by atoms with E-state index in [4.69, 9.17) is 4.52 Å². The quantitative estimate of drug-likeness (QED) is 0.626. The van der Waals surface area contributed by atoms with Gasteiger partial charge in [-0.3, -0.25) is 9.69 Å². The highest BCUT2D eigenvalue weighted by Crippen LogP contribution is 2.17. The Morgan fingerprint density at radius 3 is 2.50 bits per heavy atom. The molecule has 0 unspecified atom stereocenters. The zero-order chi connectivity index (χ0) is 20.9. The molecule has 0 N–H and O–H groups in total. The molecule has 0 radical (unpaired) electrons. The fourth-order valence-corrected chi connectivity index (χ4v) is 3.77. The number of aryl methyl sites for hydroxylation is 3. The third-order valence-corrected chi connectivity index (χ3v) is 5.57. The van der Waals surface area contributed by atoms with Gasteiger partial charge in [0.15, 0.2) is 0 Å². The number of aromatic nitrogens is 2. The zero-order valence-corrected chi connectivity index (χ0v) is 17.7. The molecular weight excluding hydrogens is 376 g/mol. The Balaban J connectivity index is 1.22. The van der Waals surface area contributed by atoms with Gasteiger partial charge in [0.25, 0.3) is 5.91 Å². The standard InChI is InChI=1S/C24H28N4O2/c1-18-8-10-20(11-9-18)23-25-22(30-26-23)7-4-12-27-13-15-28(16-14-27)24(29)21-6-3-5-19(2)17-21/h3,5-6,8-11,17H,4,7,12-16H2,1-2H3. The van der Waals surface area contributed by atoms with E-state index >= 15 is 0 Å². The second-order valence-corrected chi connectivity index (χ2v) is 7.98. The van der Waals surface area contributed by atoms with Crippen LogP contribution in [0, 0.1) is 13.8 Å². The molecule has 2 aromatic carbocycles. The first-order valence-electron chi connectivity index (χ1n) is 10.6. The van der Waals surface area contributed by atoms with Crippen LogP contribution < -0.4 is 0 Å². The Bertz CT molecular complexity index is 988. The van der Waals surface area contributed by atoms with Gasteiger partial charge in [-0.25, -0.2) is 0 Å². The molecule has 0 saturated carbocycles. The minimum Gasteiger partial charge on any atom is -0.339 e. The summed E-state index contributed by atoms with van der Waals surface area (Å²) in [6.45, 7) is 8.38. The third-order valence-electron chi connectivity index (χ3n) is 5.57. The topological polar surface area (TPSA) is 62.5 Å². The largest absolute Gasteiger partial charge is 0.339 e. The highest BCUT2D eigenvalue weighted by Gasteiger charge is 2.22. The maximum absolute atomic E-state index is 12.7. The van der Waals surface area contributed by atoms with Crippen molar-refractivity contribution in [3.8, 4) is 11.4 Å². The number of benzene rings is 2. The number of hydrogen-bond donors (Lipinski definition) is 0. The monoisotopic (exact) mass is 404 g/mol. The number of rotatable bonds is 6. The van der Waals surface area contributed by atoms with Crippen molar-refractivity contribution in [3.63, 3.8) is 0 Å². The molecule has 1 aromatic heterocycles. The second-order valence-electron chi connectivity index (χ2n) is 7.98. The van der Waals surface area contributed by atoms with E-state index in [1.165, 1.54) is 5.56 Å². The van der Waals surface area contributed by atoms with Crippen molar-refractivity contribution in [1.29, 1.82) is 0 Å². The molecule has 6 nitrogen and oxygen atoms in total. The van der Waals surface area contributed by atoms with Crippen LogP contribution in [0.5, 0.6) is 0 Å². The van der Waals surface area contributed by atoms with Gasteiger partial charge in [0.2, 0.25) is 11.7 Å². The van der Waals surface area contributed by atoms with Crippen LogP contribution in [0.1, 0.15) is 33.8 Å². The van der Waals surface area contributed by atoms with Gasteiger partial charge >= 0.3 is 0 Å². The van der Waals surface area contributed by atoms with Crippen molar-refractivity contribution in [2.75, 3.05) is 32.7 Å². The van der Waals surface area contributed by atoms with Crippen LogP contribution in [-0.2, 0) is 6.42 Å². The number of carbonyl (C=O) groups is 1. The van der Waals surface area contributed by atoms with Gasteiger partial charge in [0, 0.05) is 43.7 Å². The summed E-state index contributed by atoms with van der Waals surface area (Å²) in [6, 6.07) is 16.0. The van der Waals surface area contributed by atoms with E-state index in [9.17, 15) is 4.79 Å². The summed E-state index contributed by atoms with van der Waals surface area (Å²) < 4.78 is 5.41. The van der Waals surface area contributed by atoms with E-state index in [0.717, 1.165) is 62.3 Å². The summed E-state index contributed by atoms with van der Waals surface area (Å²) in [5.41, 5.74) is 4.09. The maximum Gasteiger partial charge on any atom is 0.253 e. The van der Waals surface area contributed by atoms with Crippen molar-refractivity contribution in [1.82, 2.24) is 19.9 Å². The van der Waals surface area contributed by atoms with Gasteiger partial charge in [-0.15, -0.1) is 0 Å². The molecule has 6 heteroatoms. The molecule has 1 fully saturated rings. The average molecular weight is 405 g/mol. The second kappa shape index (κ2) is 9.22. The van der Waals surface area contributed by atoms with Crippen LogP contribution in [0.3, 0.4) is 0 Å². The molecule has 1 amide bonds. The van der Waals surface area contributed by atoms with Crippen molar-refractivity contribution in [2.24, 2.45) is 0 Å². The van der Waals surface area contributed by atoms with Gasteiger partial charge < -0.3 is 9.42 Å². The van der Waals surface area contributed by atoms with Crippen LogP contribution in [0.2, 0.25) is 0 Å². The lowest BCUT2D eigenvalue weighted by molar-refractivity contribution is 0.0635. The summed E-state index contributed by atoms with van der Waals surface area (Å²) in [5.74, 6) is 1.46. The first kappa shape index (κ1) is 20.3. The predicted octanol–water partition coefficient (Wildman–Crippen LogP) is 3.74. The van der Waals surface area contributed by atoms with E-state index in [0.29, 0.717) is 11.7 Å². The Labute approximate surface area is 177 Å². The summed E-state index contributed by atoms with van der Waals surface area (Å²) in [7, 11) is 0. The van der Waals surface area contributed by atoms with Crippen molar-refractivity contribution in [2.45, 2.75) is 26.7 Å². The number of carbonyl (C=O) groups excluding carboxylic acids is 1. The number of hydrogen-bond acceptors (Lipinski definition) is 5. The van der Waals surface area contributed by atoms with Crippen LogP contribution in [-0.4, -0.2) is 58.6 Å². The van der Waals surface area contributed by atoms with Gasteiger partial charge in [-0.2, -0.15) is 4.98 Å². The van der Waals surface area contributed by atoms with Crippen LogP contribution in [0.15, 0.2) is 53.1 Å². The van der Waals surface area contributed by atoms with Gasteiger partial charge in [-0.05, 0) is 38.9 Å². The minimum absolute atomic E-state index is 0.132. The van der Waals surface area contributed by atoms with Crippen molar-refractivity contribution in [3.05, 3.63) is 71.1 Å². The molecule has 0 aliphatic carbocycles. The van der Waals surface area contributed by atoms with E-state index < -0.39 is 0 Å². The zero-order valence-electron chi connectivity index (χ0n) is 17.7. The lowest BCUT2D eigenvalue weighted by Gasteiger charge is -2.34. The molecule has 1 aliphatic rings. The van der Waals surface area contributed by atoms with Gasteiger partial charge in [-0.1, -0.05) is 52.7 Å². The molecule has 1 saturated heterocycles. The van der Waals surface area contributed by atoms with Crippen LogP contribution in [0.4, 0.5) is 0 Å². The summed E-state index contributed by atoms with van der Waals surface area (Å²) in [4.78, 5) is 21.6. The van der Waals surface area contributed by atoms with E-state index in [1.54, 1.807) is 0 Å². The summed E-state index contributed by atoms with van der Waals surface area (Å²) in [6.07, 6.45) is 1.72. The minimum atomic E-state index is 0.132. The van der Waals surface area contributed by atoms with E-state index in [2.05, 4.69) is 34.1 Å². The Morgan fingerprint density at radius 1 is 1.00 bits per heavy atom. The smallest absolute Gasteiger partial charge is 0.253 e. The molecule has 0 spiro atoms. The molecule has 4 rings (SSSR count). The van der Waals surface area contributed by atoms with Crippen molar-refractivity contribution < 1.29 is 9.32 Å².